The van der Waals surface area contributed by atoms with Crippen molar-refractivity contribution in [2.45, 2.75) is 26.0 Å². The molecule has 0 N–H and O–H groups in total. The van der Waals surface area contributed by atoms with Gasteiger partial charge in [0.25, 0.3) is 0 Å². The lowest BCUT2D eigenvalue weighted by Gasteiger charge is -2.09. The lowest BCUT2D eigenvalue weighted by Crippen LogP contribution is -2.11. The minimum absolute atomic E-state index is 0.0202. The van der Waals surface area contributed by atoms with Crippen molar-refractivity contribution >= 4 is 17.0 Å². The van der Waals surface area contributed by atoms with Crippen LogP contribution in [0.2, 0.25) is 0 Å². The molecule has 1 aromatic heterocycles. The van der Waals surface area contributed by atoms with Crippen LogP contribution in [0, 0.1) is 0 Å². The lowest BCUT2D eigenvalue weighted by molar-refractivity contribution is -0.145. The molecule has 0 radical (unpaired) electrons. The minimum Gasteiger partial charge on any atom is -0.496 e. The van der Waals surface area contributed by atoms with E-state index in [9.17, 15) is 13.6 Å². The Morgan fingerprint density at radius 1 is 1.15 bits per heavy atom. The van der Waals surface area contributed by atoms with Crippen molar-refractivity contribution in [3.8, 4) is 5.75 Å². The van der Waals surface area contributed by atoms with Crippen LogP contribution < -0.4 is 4.74 Å². The molecular weight excluding hydrogens is 342 g/mol. The number of halogens is 2. The van der Waals surface area contributed by atoms with Gasteiger partial charge in [-0.3, -0.25) is 9.36 Å². The monoisotopic (exact) mass is 360 g/mol. The molecule has 0 aliphatic rings. The third-order valence-electron chi connectivity index (χ3n) is 4.02. The maximum Gasteiger partial charge on any atom is 0.320 e. The van der Waals surface area contributed by atoms with Crippen LogP contribution in [0.5, 0.6) is 5.75 Å². The van der Waals surface area contributed by atoms with Crippen LogP contribution in [0.4, 0.5) is 8.78 Å². The van der Waals surface area contributed by atoms with Crippen molar-refractivity contribution in [2.75, 3.05) is 7.11 Å². The Morgan fingerprint density at radius 2 is 1.88 bits per heavy atom. The molecule has 0 aliphatic heterocycles. The maximum absolute atomic E-state index is 13.3. The van der Waals surface area contributed by atoms with Crippen LogP contribution in [0.25, 0.3) is 11.0 Å². The summed E-state index contributed by atoms with van der Waals surface area (Å²) in [6.45, 7) is -3.06. The zero-order chi connectivity index (χ0) is 18.5. The molecule has 3 aromatic rings. The van der Waals surface area contributed by atoms with E-state index in [0.717, 1.165) is 10.1 Å². The summed E-state index contributed by atoms with van der Waals surface area (Å²) < 4.78 is 37.8. The standard InChI is InChI=1S/C19H18F2N2O3/c1-25-16-9-5-2-6-13(16)10-11-18(24)26-12-17-22-14-7-3-4-8-15(14)23(17)19(20)21/h2-9,19H,10-12H2,1H3. The summed E-state index contributed by atoms with van der Waals surface area (Å²) in [7, 11) is 1.56. The fourth-order valence-electron chi connectivity index (χ4n) is 2.78. The number of aryl methyl sites for hydroxylation is 1. The number of methoxy groups -OCH3 is 1. The molecule has 0 bridgehead atoms. The van der Waals surface area contributed by atoms with E-state index in [1.165, 1.54) is 0 Å². The van der Waals surface area contributed by atoms with Gasteiger partial charge in [0.1, 0.15) is 12.4 Å². The van der Waals surface area contributed by atoms with Crippen LogP contribution in [0.15, 0.2) is 48.5 Å². The Balaban J connectivity index is 1.64. The van der Waals surface area contributed by atoms with Gasteiger partial charge in [-0.15, -0.1) is 0 Å². The number of carbonyl (C=O) groups excluding carboxylic acids is 1. The summed E-state index contributed by atoms with van der Waals surface area (Å²) in [6, 6.07) is 13.9. The molecule has 0 aliphatic carbocycles. The van der Waals surface area contributed by atoms with Gasteiger partial charge in [0, 0.05) is 6.42 Å². The second-order valence-corrected chi connectivity index (χ2v) is 5.64. The Bertz CT molecular complexity index is 909. The van der Waals surface area contributed by atoms with E-state index >= 15 is 0 Å². The molecule has 3 rings (SSSR count). The molecular formula is C19H18F2N2O3. The predicted octanol–water partition coefficient (Wildman–Crippen LogP) is 4.12. The van der Waals surface area contributed by atoms with Crippen molar-refractivity contribution in [2.24, 2.45) is 0 Å². The number of ether oxygens (including phenoxy) is 2. The largest absolute Gasteiger partial charge is 0.496 e. The predicted molar refractivity (Wildman–Crippen MR) is 92.1 cm³/mol. The fraction of sp³-hybridized carbons (Fsp3) is 0.263. The van der Waals surface area contributed by atoms with E-state index in [1.807, 2.05) is 24.3 Å². The second-order valence-electron chi connectivity index (χ2n) is 5.64. The Kier molecular flexibility index (Phi) is 5.46. The number of rotatable bonds is 7. The number of benzene rings is 2. The van der Waals surface area contributed by atoms with Gasteiger partial charge in [-0.05, 0) is 30.2 Å². The topological polar surface area (TPSA) is 53.4 Å². The summed E-state index contributed by atoms with van der Waals surface area (Å²) in [4.78, 5) is 16.1. The van der Waals surface area contributed by atoms with Crippen molar-refractivity contribution < 1.29 is 23.0 Å². The van der Waals surface area contributed by atoms with E-state index in [1.54, 1.807) is 31.4 Å². The van der Waals surface area contributed by atoms with Crippen LogP contribution in [0.3, 0.4) is 0 Å². The highest BCUT2D eigenvalue weighted by molar-refractivity contribution is 5.76. The smallest absolute Gasteiger partial charge is 0.320 e. The average molecular weight is 360 g/mol. The Hall–Kier alpha value is -2.96. The normalized spacial score (nSPS) is 11.1. The molecule has 0 unspecified atom stereocenters. The maximum atomic E-state index is 13.3. The Labute approximate surface area is 149 Å². The van der Waals surface area contributed by atoms with Gasteiger partial charge >= 0.3 is 12.5 Å². The summed E-state index contributed by atoms with van der Waals surface area (Å²) in [5, 5.41) is 0. The molecule has 0 spiro atoms. The number of hydrogen-bond donors (Lipinski definition) is 0. The molecule has 0 saturated heterocycles. The number of alkyl halides is 2. The third-order valence-corrected chi connectivity index (χ3v) is 4.02. The number of carbonyl (C=O) groups is 1. The highest BCUT2D eigenvalue weighted by Gasteiger charge is 2.18. The molecule has 5 nitrogen and oxygen atoms in total. The molecule has 0 saturated carbocycles. The first-order chi connectivity index (χ1) is 12.6. The number of aromatic nitrogens is 2. The molecule has 2 aromatic carbocycles. The van der Waals surface area contributed by atoms with Gasteiger partial charge in [-0.2, -0.15) is 8.78 Å². The quantitative estimate of drug-likeness (QED) is 0.595. The van der Waals surface area contributed by atoms with E-state index in [-0.39, 0.29) is 18.9 Å². The number of nitrogens with zero attached hydrogens (tertiary/aromatic N) is 2. The number of fused-ring (bicyclic) bond motifs is 1. The van der Waals surface area contributed by atoms with Gasteiger partial charge in [-0.25, -0.2) is 4.98 Å². The highest BCUT2D eigenvalue weighted by atomic mass is 19.3. The third kappa shape index (κ3) is 3.82. The van der Waals surface area contributed by atoms with Crippen LogP contribution >= 0.6 is 0 Å². The second kappa shape index (κ2) is 7.95. The first-order valence-electron chi connectivity index (χ1n) is 8.11. The van der Waals surface area contributed by atoms with E-state index in [0.29, 0.717) is 23.2 Å². The van der Waals surface area contributed by atoms with Crippen molar-refractivity contribution in [1.29, 1.82) is 0 Å². The number of para-hydroxylation sites is 3. The Morgan fingerprint density at radius 3 is 2.65 bits per heavy atom. The first-order valence-corrected chi connectivity index (χ1v) is 8.11. The van der Waals surface area contributed by atoms with Gasteiger partial charge < -0.3 is 9.47 Å². The molecule has 7 heteroatoms. The molecule has 0 amide bonds. The molecule has 0 fully saturated rings. The number of imidazole rings is 1. The van der Waals surface area contributed by atoms with E-state index in [4.69, 9.17) is 9.47 Å². The summed E-state index contributed by atoms with van der Waals surface area (Å²) >= 11 is 0. The zero-order valence-electron chi connectivity index (χ0n) is 14.2. The van der Waals surface area contributed by atoms with Gasteiger partial charge in [-0.1, -0.05) is 30.3 Å². The number of esters is 1. The summed E-state index contributed by atoms with van der Waals surface area (Å²) in [5.41, 5.74) is 1.63. The summed E-state index contributed by atoms with van der Waals surface area (Å²) in [6.07, 6.45) is 0.559. The lowest BCUT2D eigenvalue weighted by atomic mass is 10.1. The van der Waals surface area contributed by atoms with Crippen LogP contribution in [-0.4, -0.2) is 22.6 Å². The average Bonchev–Trinajstić information content (AvgIpc) is 3.03. The molecule has 1 heterocycles. The van der Waals surface area contributed by atoms with Crippen molar-refractivity contribution in [3.05, 3.63) is 59.9 Å². The van der Waals surface area contributed by atoms with Gasteiger partial charge in [0.2, 0.25) is 0 Å². The minimum atomic E-state index is -2.76. The van der Waals surface area contributed by atoms with Crippen LogP contribution in [-0.2, 0) is 22.6 Å². The zero-order valence-corrected chi connectivity index (χ0v) is 14.2. The van der Waals surface area contributed by atoms with Gasteiger partial charge in [0.15, 0.2) is 5.82 Å². The van der Waals surface area contributed by atoms with E-state index < -0.39 is 12.5 Å². The highest BCUT2D eigenvalue weighted by Crippen LogP contribution is 2.24. The summed E-state index contributed by atoms with van der Waals surface area (Å²) in [5.74, 6) is 0.232. The van der Waals surface area contributed by atoms with Crippen molar-refractivity contribution in [3.63, 3.8) is 0 Å². The number of hydrogen-bond acceptors (Lipinski definition) is 4. The van der Waals surface area contributed by atoms with Crippen molar-refractivity contribution in [1.82, 2.24) is 9.55 Å². The molecule has 0 atom stereocenters. The fourth-order valence-corrected chi connectivity index (χ4v) is 2.78. The van der Waals surface area contributed by atoms with Gasteiger partial charge in [0.05, 0.1) is 18.1 Å². The first kappa shape index (κ1) is 17.8. The van der Waals surface area contributed by atoms with E-state index in [2.05, 4.69) is 4.98 Å². The molecule has 136 valence electrons. The molecule has 26 heavy (non-hydrogen) atoms. The van der Waals surface area contributed by atoms with Crippen LogP contribution in [0.1, 0.15) is 24.4 Å². The SMILES string of the molecule is COc1ccccc1CCC(=O)OCc1nc2ccccc2n1C(F)F.